The van der Waals surface area contributed by atoms with Gasteiger partial charge >= 0.3 is 0 Å². The zero-order valence-electron chi connectivity index (χ0n) is 22.8. The van der Waals surface area contributed by atoms with Crippen molar-refractivity contribution < 1.29 is 19.0 Å². The van der Waals surface area contributed by atoms with Crippen molar-refractivity contribution in [3.8, 4) is 28.3 Å². The number of nitrogens with one attached hydrogen (secondary N) is 1. The second-order valence-corrected chi connectivity index (χ2v) is 11.3. The molecule has 0 aliphatic carbocycles. The second-order valence-electron chi connectivity index (χ2n) is 10.5. The minimum atomic E-state index is -0.755. The molecule has 1 saturated heterocycles. The molecule has 2 aromatic carbocycles. The SMILES string of the molecule is COc1nc(-c2cccc(-c3cccc(Nc4nccc(CN5CC(C(C)(C)O)C5)c4F)c3Cl)c2Cl)ccc1C=O. The molecular weight excluding hydrogens is 566 g/mol. The van der Waals surface area contributed by atoms with E-state index in [9.17, 15) is 9.90 Å². The van der Waals surface area contributed by atoms with Crippen LogP contribution in [-0.4, -0.2) is 52.1 Å². The monoisotopic (exact) mass is 594 g/mol. The fourth-order valence-corrected chi connectivity index (χ4v) is 5.44. The first-order chi connectivity index (χ1) is 19.6. The number of aliphatic hydroxyl groups is 1. The molecule has 0 saturated carbocycles. The number of aldehydes is 1. The zero-order valence-corrected chi connectivity index (χ0v) is 24.3. The lowest BCUT2D eigenvalue weighted by Gasteiger charge is -2.45. The van der Waals surface area contributed by atoms with Crippen molar-refractivity contribution in [2.75, 3.05) is 25.5 Å². The quantitative estimate of drug-likeness (QED) is 0.201. The van der Waals surface area contributed by atoms with E-state index in [2.05, 4.69) is 20.2 Å². The molecule has 1 aliphatic rings. The lowest BCUT2D eigenvalue weighted by atomic mass is 9.84. The number of carbonyl (C=O) groups is 1. The van der Waals surface area contributed by atoms with E-state index >= 15 is 4.39 Å². The van der Waals surface area contributed by atoms with Crippen molar-refractivity contribution in [2.45, 2.75) is 26.0 Å². The molecule has 0 radical (unpaired) electrons. The highest BCUT2D eigenvalue weighted by Gasteiger charge is 2.37. The van der Waals surface area contributed by atoms with Crippen molar-refractivity contribution in [3.63, 3.8) is 0 Å². The van der Waals surface area contributed by atoms with Gasteiger partial charge in [-0.2, -0.15) is 0 Å². The van der Waals surface area contributed by atoms with Crippen LogP contribution in [0.3, 0.4) is 0 Å². The molecule has 2 N–H and O–H groups in total. The fourth-order valence-electron chi connectivity index (χ4n) is 4.84. The number of aromatic nitrogens is 2. The highest BCUT2D eigenvalue weighted by atomic mass is 35.5. The van der Waals surface area contributed by atoms with Crippen molar-refractivity contribution in [1.29, 1.82) is 0 Å². The maximum atomic E-state index is 15.5. The third-order valence-electron chi connectivity index (χ3n) is 7.35. The highest BCUT2D eigenvalue weighted by Crippen LogP contribution is 2.42. The van der Waals surface area contributed by atoms with Crippen molar-refractivity contribution in [1.82, 2.24) is 14.9 Å². The molecule has 7 nitrogen and oxygen atoms in total. The van der Waals surface area contributed by atoms with Gasteiger partial charge < -0.3 is 15.2 Å². The van der Waals surface area contributed by atoms with Crippen molar-refractivity contribution >= 4 is 41.0 Å². The third-order valence-corrected chi connectivity index (χ3v) is 8.16. The summed E-state index contributed by atoms with van der Waals surface area (Å²) in [5, 5.41) is 14.0. The summed E-state index contributed by atoms with van der Waals surface area (Å²) in [6.45, 7) is 5.41. The number of ether oxygens (including phenoxy) is 1. The number of pyridine rings is 2. The summed E-state index contributed by atoms with van der Waals surface area (Å²) in [4.78, 5) is 22.0. The summed E-state index contributed by atoms with van der Waals surface area (Å²) in [5.41, 5.74) is 3.00. The van der Waals surface area contributed by atoms with E-state index in [0.29, 0.717) is 75.2 Å². The number of hydrogen-bond donors (Lipinski definition) is 2. The Bertz CT molecular complexity index is 1600. The largest absolute Gasteiger partial charge is 0.480 e. The van der Waals surface area contributed by atoms with Crippen LogP contribution in [0, 0.1) is 11.7 Å². The van der Waals surface area contributed by atoms with Crippen LogP contribution in [0.15, 0.2) is 60.8 Å². The number of anilines is 2. The van der Waals surface area contributed by atoms with Gasteiger partial charge in [0.15, 0.2) is 17.9 Å². The summed E-state index contributed by atoms with van der Waals surface area (Å²) in [7, 11) is 1.45. The third kappa shape index (κ3) is 5.92. The standard InChI is InChI=1S/C31H29Cl2FN4O3/c1-31(2,40)20-15-38(16-20)14-18-12-13-35-29(28(18)34)36-25-9-5-7-22(27(25)33)21-6-4-8-23(26(21)32)24-11-10-19(17-39)30(37-24)41-3/h4-13,17,20,40H,14-16H2,1-3H3,(H,35,36). The van der Waals surface area contributed by atoms with Gasteiger partial charge in [-0.05, 0) is 38.1 Å². The van der Waals surface area contributed by atoms with E-state index in [0.717, 1.165) is 0 Å². The molecule has 1 aliphatic heterocycles. The first kappa shape index (κ1) is 29.0. The molecule has 212 valence electrons. The lowest BCUT2D eigenvalue weighted by Crippen LogP contribution is -2.55. The Morgan fingerprint density at radius 1 is 1.07 bits per heavy atom. The Hall–Kier alpha value is -3.56. The van der Waals surface area contributed by atoms with Gasteiger partial charge in [-0.1, -0.05) is 53.5 Å². The molecule has 1 fully saturated rings. The summed E-state index contributed by atoms with van der Waals surface area (Å²) >= 11 is 13.7. The summed E-state index contributed by atoms with van der Waals surface area (Å²) in [6.07, 6.45) is 2.24. The number of carbonyl (C=O) groups excluding carboxylic acids is 1. The topological polar surface area (TPSA) is 87.6 Å². The summed E-state index contributed by atoms with van der Waals surface area (Å²) in [5.74, 6) is -0.0384. The molecule has 4 aromatic rings. The molecule has 0 spiro atoms. The molecule has 0 unspecified atom stereocenters. The van der Waals surface area contributed by atoms with Gasteiger partial charge in [-0.3, -0.25) is 9.69 Å². The van der Waals surface area contributed by atoms with Crippen LogP contribution in [0.1, 0.15) is 29.8 Å². The van der Waals surface area contributed by atoms with Crippen LogP contribution >= 0.6 is 23.2 Å². The number of nitrogens with zero attached hydrogens (tertiary/aromatic N) is 3. The first-order valence-corrected chi connectivity index (χ1v) is 13.8. The minimum Gasteiger partial charge on any atom is -0.480 e. The number of methoxy groups -OCH3 is 1. The molecule has 0 atom stereocenters. The zero-order chi connectivity index (χ0) is 29.3. The van der Waals surface area contributed by atoms with Crippen LogP contribution in [0.5, 0.6) is 5.88 Å². The maximum Gasteiger partial charge on any atom is 0.224 e. The average Bonchev–Trinajstić information content (AvgIpc) is 2.92. The van der Waals surface area contributed by atoms with Gasteiger partial charge in [-0.25, -0.2) is 14.4 Å². The van der Waals surface area contributed by atoms with E-state index in [1.165, 1.54) is 7.11 Å². The molecular formula is C31H29Cl2FN4O3. The lowest BCUT2D eigenvalue weighted by molar-refractivity contribution is -0.0650. The van der Waals surface area contributed by atoms with Gasteiger partial charge in [-0.15, -0.1) is 0 Å². The Morgan fingerprint density at radius 3 is 2.44 bits per heavy atom. The molecule has 0 amide bonds. The van der Waals surface area contributed by atoms with Crippen LogP contribution in [-0.2, 0) is 6.54 Å². The average molecular weight is 596 g/mol. The maximum absolute atomic E-state index is 15.5. The number of benzene rings is 2. The van der Waals surface area contributed by atoms with Gasteiger partial charge in [0.05, 0.1) is 39.7 Å². The number of rotatable bonds is 9. The molecule has 41 heavy (non-hydrogen) atoms. The van der Waals surface area contributed by atoms with E-state index in [1.54, 1.807) is 50.4 Å². The molecule has 5 rings (SSSR count). The predicted molar refractivity (Wildman–Crippen MR) is 160 cm³/mol. The molecule has 0 bridgehead atoms. The van der Waals surface area contributed by atoms with Crippen molar-refractivity contribution in [3.05, 3.63) is 87.8 Å². The van der Waals surface area contributed by atoms with Gasteiger partial charge in [0.1, 0.15) is 0 Å². The van der Waals surface area contributed by atoms with E-state index in [1.807, 2.05) is 24.3 Å². The van der Waals surface area contributed by atoms with E-state index in [-0.39, 0.29) is 17.6 Å². The normalized spacial score (nSPS) is 14.0. The predicted octanol–water partition coefficient (Wildman–Crippen LogP) is 7.02. The first-order valence-electron chi connectivity index (χ1n) is 13.0. The summed E-state index contributed by atoms with van der Waals surface area (Å²) < 4.78 is 20.7. The Kier molecular flexibility index (Phi) is 8.29. The Morgan fingerprint density at radius 2 is 1.76 bits per heavy atom. The molecule has 2 aromatic heterocycles. The summed E-state index contributed by atoms with van der Waals surface area (Å²) in [6, 6.07) is 15.8. The van der Waals surface area contributed by atoms with Crippen LogP contribution in [0.2, 0.25) is 10.0 Å². The van der Waals surface area contributed by atoms with Gasteiger partial charge in [0, 0.05) is 54.0 Å². The molecule has 10 heteroatoms. The second kappa shape index (κ2) is 11.7. The van der Waals surface area contributed by atoms with Crippen molar-refractivity contribution in [2.24, 2.45) is 5.92 Å². The number of halogens is 3. The van der Waals surface area contributed by atoms with Crippen LogP contribution in [0.4, 0.5) is 15.9 Å². The van der Waals surface area contributed by atoms with Gasteiger partial charge in [0.2, 0.25) is 5.88 Å². The van der Waals surface area contributed by atoms with E-state index in [4.69, 9.17) is 27.9 Å². The number of likely N-dealkylation sites (tertiary alicyclic amines) is 1. The van der Waals surface area contributed by atoms with Crippen LogP contribution < -0.4 is 10.1 Å². The Balaban J connectivity index is 1.41. The molecule has 3 heterocycles. The smallest absolute Gasteiger partial charge is 0.224 e. The van der Waals surface area contributed by atoms with Gasteiger partial charge in [0.25, 0.3) is 0 Å². The van der Waals surface area contributed by atoms with Crippen LogP contribution in [0.25, 0.3) is 22.4 Å². The Labute approximate surface area is 247 Å². The van der Waals surface area contributed by atoms with E-state index < -0.39 is 11.4 Å². The highest BCUT2D eigenvalue weighted by molar-refractivity contribution is 6.39. The minimum absolute atomic E-state index is 0.0625. The number of hydrogen-bond acceptors (Lipinski definition) is 7. The fraction of sp³-hybridized carbons (Fsp3) is 0.258.